The molecule has 1 heterocycles. The maximum Gasteiger partial charge on any atom is 0.336 e. The molecule has 0 saturated carbocycles. The zero-order valence-electron chi connectivity index (χ0n) is 11.1. The zero-order valence-corrected chi connectivity index (χ0v) is 11.1. The Morgan fingerprint density at radius 2 is 2.10 bits per heavy atom. The first-order chi connectivity index (χ1) is 9.66. The molecule has 6 heteroatoms. The lowest BCUT2D eigenvalue weighted by atomic mass is 10.1. The number of hydrogen-bond donors (Lipinski definition) is 3. The first kappa shape index (κ1) is 14.1. The molecule has 1 aromatic carbocycles. The average molecular weight is 274 g/mol. The molecule has 106 valence electrons. The van der Waals surface area contributed by atoms with Gasteiger partial charge in [0.2, 0.25) is 0 Å². The number of nitrogens with two attached hydrogens (primary N) is 2. The zero-order chi connectivity index (χ0) is 14.4. The second-order valence-corrected chi connectivity index (χ2v) is 4.42. The SMILES string of the molecule is NC(N)=NCCCNCc1cc(=O)oc2ccccc12. The van der Waals surface area contributed by atoms with Gasteiger partial charge in [-0.15, -0.1) is 0 Å². The summed E-state index contributed by atoms with van der Waals surface area (Å²) < 4.78 is 5.14. The number of benzene rings is 1. The second kappa shape index (κ2) is 6.72. The normalized spacial score (nSPS) is 10.6. The summed E-state index contributed by atoms with van der Waals surface area (Å²) in [5, 5.41) is 4.21. The lowest BCUT2D eigenvalue weighted by Gasteiger charge is -2.06. The standard InChI is InChI=1S/C14H18N4O2/c15-14(16)18-7-3-6-17-9-10-8-13(19)20-12-5-2-1-4-11(10)12/h1-2,4-5,8,17H,3,6-7,9H2,(H4,15,16,18). The van der Waals surface area contributed by atoms with Gasteiger partial charge in [-0.1, -0.05) is 18.2 Å². The largest absolute Gasteiger partial charge is 0.423 e. The van der Waals surface area contributed by atoms with Crippen molar-refractivity contribution in [1.82, 2.24) is 5.32 Å². The van der Waals surface area contributed by atoms with Crippen molar-refractivity contribution in [3.05, 3.63) is 46.3 Å². The van der Waals surface area contributed by atoms with E-state index in [-0.39, 0.29) is 11.6 Å². The first-order valence-corrected chi connectivity index (χ1v) is 6.44. The molecule has 20 heavy (non-hydrogen) atoms. The van der Waals surface area contributed by atoms with Crippen LogP contribution < -0.4 is 22.4 Å². The van der Waals surface area contributed by atoms with Gasteiger partial charge < -0.3 is 21.2 Å². The minimum Gasteiger partial charge on any atom is -0.423 e. The predicted octanol–water partition coefficient (Wildman–Crippen LogP) is 0.546. The Hall–Kier alpha value is -2.34. The minimum atomic E-state index is -0.332. The smallest absolute Gasteiger partial charge is 0.336 e. The molecule has 0 unspecified atom stereocenters. The van der Waals surface area contributed by atoms with Gasteiger partial charge in [0.05, 0.1) is 0 Å². The van der Waals surface area contributed by atoms with Crippen molar-refractivity contribution in [2.75, 3.05) is 13.1 Å². The predicted molar refractivity (Wildman–Crippen MR) is 79.5 cm³/mol. The number of nitrogens with one attached hydrogen (secondary N) is 1. The lowest BCUT2D eigenvalue weighted by molar-refractivity contribution is 0.556. The van der Waals surface area contributed by atoms with Gasteiger partial charge in [0, 0.05) is 24.5 Å². The third kappa shape index (κ3) is 3.83. The summed E-state index contributed by atoms with van der Waals surface area (Å²) in [6, 6.07) is 9.02. The molecule has 0 radical (unpaired) electrons. The van der Waals surface area contributed by atoms with Gasteiger partial charge in [-0.2, -0.15) is 0 Å². The van der Waals surface area contributed by atoms with Crippen LogP contribution in [-0.4, -0.2) is 19.0 Å². The van der Waals surface area contributed by atoms with E-state index in [0.717, 1.165) is 23.9 Å². The van der Waals surface area contributed by atoms with Gasteiger partial charge in [-0.25, -0.2) is 4.79 Å². The van der Waals surface area contributed by atoms with E-state index in [1.54, 1.807) is 6.07 Å². The van der Waals surface area contributed by atoms with E-state index in [9.17, 15) is 4.79 Å². The summed E-state index contributed by atoms with van der Waals surface area (Å²) in [6.07, 6.45) is 0.831. The molecule has 0 aliphatic heterocycles. The Labute approximate surface area is 116 Å². The van der Waals surface area contributed by atoms with Gasteiger partial charge in [-0.05, 0) is 24.6 Å². The van der Waals surface area contributed by atoms with Crippen LogP contribution in [0.2, 0.25) is 0 Å². The number of nitrogens with zero attached hydrogens (tertiary/aromatic N) is 1. The van der Waals surface area contributed by atoms with Crippen molar-refractivity contribution in [3.8, 4) is 0 Å². The number of hydrogen-bond acceptors (Lipinski definition) is 4. The van der Waals surface area contributed by atoms with E-state index in [4.69, 9.17) is 15.9 Å². The molecule has 1 aromatic heterocycles. The third-order valence-corrected chi connectivity index (χ3v) is 2.86. The number of para-hydroxylation sites is 1. The van der Waals surface area contributed by atoms with Crippen molar-refractivity contribution in [3.63, 3.8) is 0 Å². The van der Waals surface area contributed by atoms with Crippen molar-refractivity contribution >= 4 is 16.9 Å². The summed E-state index contributed by atoms with van der Waals surface area (Å²) in [5.41, 5.74) is 11.7. The molecule has 6 nitrogen and oxygen atoms in total. The van der Waals surface area contributed by atoms with Crippen LogP contribution >= 0.6 is 0 Å². The fraction of sp³-hybridized carbons (Fsp3) is 0.286. The van der Waals surface area contributed by atoms with E-state index in [0.29, 0.717) is 18.7 Å². The second-order valence-electron chi connectivity index (χ2n) is 4.42. The highest BCUT2D eigenvalue weighted by atomic mass is 16.4. The Kier molecular flexibility index (Phi) is 4.73. The monoisotopic (exact) mass is 274 g/mol. The Bertz CT molecular complexity index is 660. The van der Waals surface area contributed by atoms with Crippen LogP contribution in [0.4, 0.5) is 0 Å². The van der Waals surface area contributed by atoms with Crippen LogP contribution in [0.3, 0.4) is 0 Å². The number of rotatable bonds is 6. The maximum atomic E-state index is 11.5. The summed E-state index contributed by atoms with van der Waals surface area (Å²) in [7, 11) is 0. The van der Waals surface area contributed by atoms with E-state index < -0.39 is 0 Å². The topological polar surface area (TPSA) is 107 Å². The van der Waals surface area contributed by atoms with Crippen LogP contribution in [0.1, 0.15) is 12.0 Å². The molecular formula is C14H18N4O2. The van der Waals surface area contributed by atoms with Gasteiger partial charge >= 0.3 is 5.63 Å². The van der Waals surface area contributed by atoms with E-state index >= 15 is 0 Å². The molecule has 0 saturated heterocycles. The molecule has 0 atom stereocenters. The van der Waals surface area contributed by atoms with Crippen LogP contribution in [0.25, 0.3) is 11.0 Å². The van der Waals surface area contributed by atoms with E-state index in [2.05, 4.69) is 10.3 Å². The Morgan fingerprint density at radius 1 is 1.30 bits per heavy atom. The van der Waals surface area contributed by atoms with Crippen LogP contribution in [0.15, 0.2) is 44.5 Å². The van der Waals surface area contributed by atoms with Crippen molar-refractivity contribution in [1.29, 1.82) is 0 Å². The molecule has 2 aromatic rings. The third-order valence-electron chi connectivity index (χ3n) is 2.86. The van der Waals surface area contributed by atoms with Crippen LogP contribution in [0, 0.1) is 0 Å². The molecule has 5 N–H and O–H groups in total. The summed E-state index contributed by atoms with van der Waals surface area (Å²) >= 11 is 0. The minimum absolute atomic E-state index is 0.108. The highest BCUT2D eigenvalue weighted by molar-refractivity contribution is 5.79. The van der Waals surface area contributed by atoms with Gasteiger partial charge in [0.15, 0.2) is 5.96 Å². The number of fused-ring (bicyclic) bond motifs is 1. The van der Waals surface area contributed by atoms with Crippen LogP contribution in [0.5, 0.6) is 0 Å². The van der Waals surface area contributed by atoms with E-state index in [1.165, 1.54) is 6.07 Å². The van der Waals surface area contributed by atoms with E-state index in [1.807, 2.05) is 18.2 Å². The molecule has 0 aliphatic rings. The highest BCUT2D eigenvalue weighted by Crippen LogP contribution is 2.15. The summed E-state index contributed by atoms with van der Waals surface area (Å²) in [6.45, 7) is 1.96. The number of aliphatic imine (C=N–C) groups is 1. The average Bonchev–Trinajstić information content (AvgIpc) is 2.42. The summed E-state index contributed by atoms with van der Waals surface area (Å²) in [5.74, 6) is 0.108. The Morgan fingerprint density at radius 3 is 2.90 bits per heavy atom. The molecule has 0 amide bonds. The van der Waals surface area contributed by atoms with Gasteiger partial charge in [0.25, 0.3) is 0 Å². The van der Waals surface area contributed by atoms with Gasteiger partial charge in [0.1, 0.15) is 5.58 Å². The van der Waals surface area contributed by atoms with Gasteiger partial charge in [-0.3, -0.25) is 4.99 Å². The Balaban J connectivity index is 1.96. The first-order valence-electron chi connectivity index (χ1n) is 6.44. The highest BCUT2D eigenvalue weighted by Gasteiger charge is 2.04. The summed E-state index contributed by atoms with van der Waals surface area (Å²) in [4.78, 5) is 15.4. The molecular weight excluding hydrogens is 256 g/mol. The lowest BCUT2D eigenvalue weighted by Crippen LogP contribution is -2.23. The molecule has 0 aliphatic carbocycles. The van der Waals surface area contributed by atoms with Crippen molar-refractivity contribution in [2.45, 2.75) is 13.0 Å². The molecule has 0 fully saturated rings. The van der Waals surface area contributed by atoms with Crippen molar-refractivity contribution < 1.29 is 4.42 Å². The molecule has 0 bridgehead atoms. The maximum absolute atomic E-state index is 11.5. The van der Waals surface area contributed by atoms with Crippen molar-refractivity contribution in [2.24, 2.45) is 16.5 Å². The number of guanidine groups is 1. The quantitative estimate of drug-likeness (QED) is 0.308. The fourth-order valence-electron chi connectivity index (χ4n) is 1.96. The molecule has 2 rings (SSSR count). The molecule has 0 spiro atoms. The fourth-order valence-corrected chi connectivity index (χ4v) is 1.96. The van der Waals surface area contributed by atoms with Crippen LogP contribution in [-0.2, 0) is 6.54 Å².